The number of pyridine rings is 1. The number of hydrogen-bond acceptors (Lipinski definition) is 5. The van der Waals surface area contributed by atoms with Crippen molar-refractivity contribution in [3.05, 3.63) is 64.4 Å². The van der Waals surface area contributed by atoms with Crippen molar-refractivity contribution in [3.8, 4) is 17.6 Å². The van der Waals surface area contributed by atoms with E-state index in [0.717, 1.165) is 25.8 Å². The van der Waals surface area contributed by atoms with Crippen LogP contribution in [0.25, 0.3) is 10.9 Å². The first kappa shape index (κ1) is 19.0. The van der Waals surface area contributed by atoms with E-state index in [1.807, 2.05) is 48.7 Å². The predicted molar refractivity (Wildman–Crippen MR) is 116 cm³/mol. The largest absolute Gasteiger partial charge is 0.493 e. The van der Waals surface area contributed by atoms with Gasteiger partial charge in [-0.15, -0.1) is 6.58 Å². The lowest BCUT2D eigenvalue weighted by Gasteiger charge is -2.26. The molecule has 6 heteroatoms. The quantitative estimate of drug-likeness (QED) is 0.372. The second-order valence-electron chi connectivity index (χ2n) is 5.74. The number of rotatable bonds is 6. The summed E-state index contributed by atoms with van der Waals surface area (Å²) in [6.07, 6.45) is 3.69. The molecule has 0 aliphatic rings. The number of fused-ring (bicyclic) bond motifs is 1. The van der Waals surface area contributed by atoms with Gasteiger partial charge in [-0.1, -0.05) is 6.08 Å². The van der Waals surface area contributed by atoms with Crippen molar-refractivity contribution in [1.82, 2.24) is 4.98 Å². The molecule has 0 aliphatic heterocycles. The fraction of sp³-hybridized carbons (Fsp3) is 0.143. The number of benzene rings is 2. The lowest BCUT2D eigenvalue weighted by atomic mass is 10.1. The molecule has 0 unspecified atom stereocenters. The fourth-order valence-electron chi connectivity index (χ4n) is 2.93. The zero-order valence-electron chi connectivity index (χ0n) is 15.1. The molecule has 0 spiro atoms. The molecule has 0 saturated carbocycles. The zero-order chi connectivity index (χ0) is 19.4. The normalized spacial score (nSPS) is 10.3. The molecule has 27 heavy (non-hydrogen) atoms. The van der Waals surface area contributed by atoms with Crippen LogP contribution in [0.4, 0.5) is 11.4 Å². The molecule has 2 aromatic carbocycles. The van der Waals surface area contributed by atoms with Crippen LogP contribution in [0.3, 0.4) is 0 Å². The fourth-order valence-corrected chi connectivity index (χ4v) is 3.65. The van der Waals surface area contributed by atoms with Gasteiger partial charge in [0.1, 0.15) is 0 Å². The summed E-state index contributed by atoms with van der Waals surface area (Å²) >= 11 is 2.28. The van der Waals surface area contributed by atoms with E-state index in [1.165, 1.54) is 0 Å². The first-order chi connectivity index (χ1) is 13.1. The van der Waals surface area contributed by atoms with Gasteiger partial charge >= 0.3 is 0 Å². The molecule has 1 aromatic heterocycles. The van der Waals surface area contributed by atoms with Gasteiger partial charge in [0.15, 0.2) is 11.5 Å². The lowest BCUT2D eigenvalue weighted by Crippen LogP contribution is -2.18. The van der Waals surface area contributed by atoms with Crippen LogP contribution in [0.5, 0.6) is 11.5 Å². The summed E-state index contributed by atoms with van der Waals surface area (Å²) < 4.78 is 11.9. The van der Waals surface area contributed by atoms with Gasteiger partial charge in [0.2, 0.25) is 0 Å². The maximum atomic E-state index is 9.07. The second-order valence-corrected chi connectivity index (χ2v) is 6.90. The number of halogens is 1. The Balaban J connectivity index is 2.25. The van der Waals surface area contributed by atoms with Crippen molar-refractivity contribution in [3.63, 3.8) is 0 Å². The van der Waals surface area contributed by atoms with Crippen molar-refractivity contribution in [2.24, 2.45) is 0 Å². The monoisotopic (exact) mass is 471 g/mol. The van der Waals surface area contributed by atoms with Crippen molar-refractivity contribution < 1.29 is 9.47 Å². The van der Waals surface area contributed by atoms with E-state index in [9.17, 15) is 0 Å². The Hall–Kier alpha value is -2.79. The number of nitrogens with zero attached hydrogens (tertiary/aromatic N) is 3. The molecule has 0 amide bonds. The van der Waals surface area contributed by atoms with Crippen LogP contribution < -0.4 is 14.4 Å². The van der Waals surface area contributed by atoms with E-state index in [0.29, 0.717) is 23.6 Å². The van der Waals surface area contributed by atoms with Gasteiger partial charge in [-0.3, -0.25) is 4.98 Å². The maximum Gasteiger partial charge on any atom is 0.162 e. The van der Waals surface area contributed by atoms with E-state index in [4.69, 9.17) is 14.7 Å². The Morgan fingerprint density at radius 1 is 1.19 bits per heavy atom. The predicted octanol–water partition coefficient (Wildman–Crippen LogP) is 5.05. The number of ether oxygens (including phenoxy) is 2. The minimum atomic E-state index is 0.607. The molecule has 0 radical (unpaired) electrons. The molecule has 3 rings (SSSR count). The van der Waals surface area contributed by atoms with Gasteiger partial charge in [0.05, 0.1) is 40.6 Å². The Kier molecular flexibility index (Phi) is 5.81. The second kappa shape index (κ2) is 8.27. The molecule has 136 valence electrons. The van der Waals surface area contributed by atoms with Crippen LogP contribution in [0.1, 0.15) is 5.56 Å². The average molecular weight is 471 g/mol. The van der Waals surface area contributed by atoms with Gasteiger partial charge in [-0.25, -0.2) is 0 Å². The molecule has 0 fully saturated rings. The van der Waals surface area contributed by atoms with Gasteiger partial charge < -0.3 is 14.4 Å². The van der Waals surface area contributed by atoms with Crippen LogP contribution in [0.15, 0.2) is 55.3 Å². The van der Waals surface area contributed by atoms with E-state index in [1.54, 1.807) is 14.2 Å². The van der Waals surface area contributed by atoms with E-state index >= 15 is 0 Å². The van der Waals surface area contributed by atoms with Gasteiger partial charge in [-0.05, 0) is 52.9 Å². The number of methoxy groups -OCH3 is 2. The standard InChI is InChI=1S/C21H18IN3O2/c1-4-9-25(15-7-5-14(12-23)6-8-15)21-16-10-19(26-2)20(27-3)11-18(16)24-13-17(21)22/h4-8,10-11,13H,1,9H2,2-3H3. The molecule has 3 aromatic rings. The van der Waals surface area contributed by atoms with E-state index < -0.39 is 0 Å². The summed E-state index contributed by atoms with van der Waals surface area (Å²) in [7, 11) is 3.23. The molecule has 1 heterocycles. The third-order valence-corrected chi connectivity index (χ3v) is 4.98. The van der Waals surface area contributed by atoms with Crippen molar-refractivity contribution in [2.45, 2.75) is 0 Å². The van der Waals surface area contributed by atoms with Crippen LogP contribution in [-0.4, -0.2) is 25.7 Å². The summed E-state index contributed by atoms with van der Waals surface area (Å²) in [6.45, 7) is 4.51. The summed E-state index contributed by atoms with van der Waals surface area (Å²) in [5, 5.41) is 10.0. The zero-order valence-corrected chi connectivity index (χ0v) is 17.2. The van der Waals surface area contributed by atoms with Gasteiger partial charge in [0, 0.05) is 29.9 Å². The Morgan fingerprint density at radius 2 is 1.85 bits per heavy atom. The highest BCUT2D eigenvalue weighted by molar-refractivity contribution is 14.1. The molecule has 5 nitrogen and oxygen atoms in total. The first-order valence-corrected chi connectivity index (χ1v) is 9.29. The molecule has 0 bridgehead atoms. The van der Waals surface area contributed by atoms with Gasteiger partial charge in [0.25, 0.3) is 0 Å². The van der Waals surface area contributed by atoms with Crippen molar-refractivity contribution >= 4 is 44.9 Å². The van der Waals surface area contributed by atoms with Crippen LogP contribution in [0, 0.1) is 14.9 Å². The van der Waals surface area contributed by atoms with Crippen molar-refractivity contribution in [1.29, 1.82) is 5.26 Å². The molecule has 0 atom stereocenters. The molecule has 0 N–H and O–H groups in total. The van der Waals surface area contributed by atoms with Gasteiger partial charge in [-0.2, -0.15) is 5.26 Å². The third-order valence-electron chi connectivity index (χ3n) is 4.19. The van der Waals surface area contributed by atoms with Crippen LogP contribution >= 0.6 is 22.6 Å². The molecular weight excluding hydrogens is 453 g/mol. The first-order valence-electron chi connectivity index (χ1n) is 8.21. The van der Waals surface area contributed by atoms with E-state index in [-0.39, 0.29) is 0 Å². The Morgan fingerprint density at radius 3 is 2.44 bits per heavy atom. The Labute approximate surface area is 172 Å². The maximum absolute atomic E-state index is 9.07. The van der Waals surface area contributed by atoms with E-state index in [2.05, 4.69) is 45.1 Å². The number of nitriles is 1. The van der Waals surface area contributed by atoms with Crippen LogP contribution in [0.2, 0.25) is 0 Å². The van der Waals surface area contributed by atoms with Crippen LogP contribution in [-0.2, 0) is 0 Å². The highest BCUT2D eigenvalue weighted by Gasteiger charge is 2.18. The minimum Gasteiger partial charge on any atom is -0.493 e. The summed E-state index contributed by atoms with van der Waals surface area (Å²) in [5.74, 6) is 1.28. The Bertz CT molecular complexity index is 1030. The average Bonchev–Trinajstić information content (AvgIpc) is 2.71. The highest BCUT2D eigenvalue weighted by Crippen LogP contribution is 2.40. The number of aromatic nitrogens is 1. The summed E-state index contributed by atoms with van der Waals surface area (Å²) in [6, 6.07) is 13.5. The lowest BCUT2D eigenvalue weighted by molar-refractivity contribution is 0.356. The number of hydrogen-bond donors (Lipinski definition) is 0. The third kappa shape index (κ3) is 3.69. The SMILES string of the molecule is C=CCN(c1ccc(C#N)cc1)c1c(I)cnc2cc(OC)c(OC)cc12. The van der Waals surface area contributed by atoms with Crippen molar-refractivity contribution in [2.75, 3.05) is 25.7 Å². The summed E-state index contributed by atoms with van der Waals surface area (Å²) in [4.78, 5) is 6.70. The highest BCUT2D eigenvalue weighted by atomic mass is 127. The summed E-state index contributed by atoms with van der Waals surface area (Å²) in [5.41, 5.74) is 3.41. The molecule has 0 saturated heterocycles. The molecule has 0 aliphatic carbocycles. The molecular formula is C21H18IN3O2. The number of anilines is 2. The minimum absolute atomic E-state index is 0.607. The topological polar surface area (TPSA) is 58.4 Å². The smallest absolute Gasteiger partial charge is 0.162 e.